The summed E-state index contributed by atoms with van der Waals surface area (Å²) >= 11 is 0. The fourth-order valence-corrected chi connectivity index (χ4v) is 15.2. The summed E-state index contributed by atoms with van der Waals surface area (Å²) in [5.41, 5.74) is 18.1. The maximum absolute atomic E-state index is 14.2. The van der Waals surface area contributed by atoms with Gasteiger partial charge < -0.3 is 69.8 Å². The lowest BCUT2D eigenvalue weighted by Gasteiger charge is -2.28. The van der Waals surface area contributed by atoms with Gasteiger partial charge in [0.05, 0.1) is 60.6 Å². The first-order valence-electron chi connectivity index (χ1n) is 27.8. The summed E-state index contributed by atoms with van der Waals surface area (Å²) in [6.07, 6.45) is 8.09. The van der Waals surface area contributed by atoms with E-state index in [0.717, 1.165) is 68.6 Å². The first-order chi connectivity index (χ1) is 40.8. The number of H-pyrrole nitrogens is 5. The largest absolute Gasteiger partial charge is 0.505 e. The number of hydrogen-bond acceptors (Lipinski definition) is 13. The third-order valence-electron chi connectivity index (χ3n) is 19.1. The van der Waals surface area contributed by atoms with E-state index in [4.69, 9.17) is 29.5 Å². The molecule has 4 aliphatic heterocycles. The number of carbonyl (C=O) groups is 6. The van der Waals surface area contributed by atoms with Crippen molar-refractivity contribution in [2.75, 3.05) is 57.3 Å². The molecule has 4 atom stereocenters. The van der Waals surface area contributed by atoms with Crippen LogP contribution in [0.1, 0.15) is 110 Å². The molecule has 2 unspecified atom stereocenters. The number of amides is 5. The fourth-order valence-electron chi connectivity index (χ4n) is 15.2. The number of urea groups is 1. The topological polar surface area (TPSA) is 323 Å². The van der Waals surface area contributed by atoms with Gasteiger partial charge in [-0.25, -0.2) is 4.79 Å². The lowest BCUT2D eigenvalue weighted by atomic mass is 9.83. The molecule has 5 aromatic heterocycles. The van der Waals surface area contributed by atoms with Crippen LogP contribution in [0, 0.1) is 39.5 Å². The predicted molar refractivity (Wildman–Crippen MR) is 306 cm³/mol. The van der Waals surface area contributed by atoms with Crippen LogP contribution in [-0.2, 0) is 33.3 Å². The Morgan fingerprint density at radius 3 is 1.81 bits per heavy atom. The number of benzene rings is 3. The summed E-state index contributed by atoms with van der Waals surface area (Å²) in [4.78, 5) is 118. The van der Waals surface area contributed by atoms with Crippen LogP contribution in [-0.4, -0.2) is 134 Å². The lowest BCUT2D eigenvalue weighted by Crippen LogP contribution is -2.34. The molecule has 85 heavy (non-hydrogen) atoms. The molecule has 23 nitrogen and oxygen atoms in total. The van der Waals surface area contributed by atoms with Crippen molar-refractivity contribution in [3.63, 3.8) is 0 Å². The van der Waals surface area contributed by atoms with Gasteiger partial charge in [0.2, 0.25) is 11.6 Å². The number of ketones is 2. The number of allylic oxidation sites excluding steroid dienone is 4. The zero-order valence-corrected chi connectivity index (χ0v) is 47.2. The predicted octanol–water partition coefficient (Wildman–Crippen LogP) is 7.19. The maximum Gasteiger partial charge on any atom is 0.373 e. The average Bonchev–Trinajstić information content (AvgIpc) is 1.51. The number of nitrogens with one attached hydrogen (secondary N) is 5. The minimum Gasteiger partial charge on any atom is -0.505 e. The number of phenolic OH excluding ortho intramolecular Hbond substituents is 2. The maximum atomic E-state index is 14.2. The molecular weight excluding hydrogens is 1090 g/mol. The van der Waals surface area contributed by atoms with Crippen molar-refractivity contribution in [3.8, 4) is 28.7 Å². The number of aromatic nitrogens is 5. The minimum absolute atomic E-state index is 0.0623. The van der Waals surface area contributed by atoms with Gasteiger partial charge in [0.25, 0.3) is 17.7 Å². The van der Waals surface area contributed by atoms with Crippen LogP contribution in [0.3, 0.4) is 0 Å². The Balaban J connectivity index is 0.000000160. The van der Waals surface area contributed by atoms with E-state index in [2.05, 4.69) is 31.0 Å². The second kappa shape index (κ2) is 18.1. The summed E-state index contributed by atoms with van der Waals surface area (Å²) in [5.74, 6) is 0.727. The molecule has 4 aliphatic carbocycles. The summed E-state index contributed by atoms with van der Waals surface area (Å²) in [5, 5.41) is 24.8. The van der Waals surface area contributed by atoms with Crippen molar-refractivity contribution in [3.05, 3.63) is 133 Å². The quantitative estimate of drug-likeness (QED) is 0.0818. The van der Waals surface area contributed by atoms with Crippen molar-refractivity contribution >= 4 is 85.6 Å². The van der Waals surface area contributed by atoms with Crippen LogP contribution in [0.25, 0.3) is 32.7 Å². The van der Waals surface area contributed by atoms with Crippen molar-refractivity contribution in [1.82, 2.24) is 34.7 Å². The van der Waals surface area contributed by atoms with Crippen LogP contribution < -0.4 is 29.7 Å². The van der Waals surface area contributed by atoms with E-state index in [9.17, 15) is 39.0 Å². The van der Waals surface area contributed by atoms with Gasteiger partial charge in [0, 0.05) is 99.7 Å². The number of carbonyl (C=O) groups excluding carboxylic acids is 8. The monoisotopic (exact) mass is 1150 g/mol. The Kier molecular flexibility index (Phi) is 11.2. The number of primary amides is 1. The Morgan fingerprint density at radius 1 is 0.635 bits per heavy atom. The van der Waals surface area contributed by atoms with Crippen LogP contribution in [0.15, 0.2) is 60.1 Å². The third kappa shape index (κ3) is 7.00. The van der Waals surface area contributed by atoms with E-state index in [1.165, 1.54) is 16.9 Å². The Hall–Kier alpha value is -10.3. The molecule has 2 saturated carbocycles. The van der Waals surface area contributed by atoms with Crippen molar-refractivity contribution in [1.29, 1.82) is 0 Å². The van der Waals surface area contributed by atoms with Crippen LogP contribution in [0.4, 0.5) is 16.2 Å². The SMILES string of the molecule is COc1c(O)c2c(c3cc(C(=O)N4C[C@H]5CC56C4=CC(=O)c4[nH]cc(C)c46)[nH]c13)CCN2C(=O)c1cc2c3c(c(O)c(C)c2[nH]1)N(C(N)=O)CC3.COc1cc2cc(C(=O)N3C[C@H]4CC45C3=CC(=O)c3[nH]c(C)cc35)[nH]c2c(OC)c1C.O=C=O. The van der Waals surface area contributed by atoms with E-state index >= 15 is 0 Å². The zero-order chi connectivity index (χ0) is 59.8. The molecule has 432 valence electrons. The number of fused-ring (bicyclic) bond motifs is 9. The first-order valence-corrected chi connectivity index (χ1v) is 27.8. The molecular formula is C62H56N10O13. The molecule has 4 fully saturated rings. The van der Waals surface area contributed by atoms with Crippen molar-refractivity contribution in [2.45, 2.75) is 64.2 Å². The zero-order valence-electron chi connectivity index (χ0n) is 47.2. The molecule has 2 saturated heterocycles. The number of rotatable bonds is 6. The molecule has 3 aromatic carbocycles. The van der Waals surface area contributed by atoms with Gasteiger partial charge in [0.1, 0.15) is 34.3 Å². The Bertz CT molecular complexity index is 4540. The second-order valence-electron chi connectivity index (χ2n) is 23.2. The molecule has 0 bridgehead atoms. The summed E-state index contributed by atoms with van der Waals surface area (Å²) in [7, 11) is 4.64. The highest BCUT2D eigenvalue weighted by Gasteiger charge is 2.69. The number of aryl methyl sites for hydroxylation is 3. The number of ether oxygens (including phenoxy) is 3. The number of aromatic hydroxyl groups is 2. The number of likely N-dealkylation sites (tertiary alicyclic amines) is 2. The van der Waals surface area contributed by atoms with Gasteiger partial charge in [-0.1, -0.05) is 0 Å². The third-order valence-corrected chi connectivity index (χ3v) is 19.1. The van der Waals surface area contributed by atoms with E-state index in [1.54, 1.807) is 55.2 Å². The number of methoxy groups -OCH3 is 3. The van der Waals surface area contributed by atoms with Gasteiger partial charge >= 0.3 is 12.2 Å². The van der Waals surface area contributed by atoms with Crippen LogP contribution >= 0.6 is 0 Å². The Morgan fingerprint density at radius 2 is 1.18 bits per heavy atom. The molecule has 9 heterocycles. The van der Waals surface area contributed by atoms with Gasteiger partial charge in [-0.2, -0.15) is 9.59 Å². The van der Waals surface area contributed by atoms with Gasteiger partial charge in [-0.05, 0) is 123 Å². The number of nitrogens with zero attached hydrogens (tertiary/aromatic N) is 4. The van der Waals surface area contributed by atoms with Gasteiger partial charge in [-0.15, -0.1) is 0 Å². The molecule has 0 radical (unpaired) electrons. The summed E-state index contributed by atoms with van der Waals surface area (Å²) < 4.78 is 16.7. The molecule has 16 rings (SSSR count). The minimum atomic E-state index is -0.666. The molecule has 9 N–H and O–H groups in total. The van der Waals surface area contributed by atoms with Crippen molar-refractivity contribution < 1.29 is 62.8 Å². The van der Waals surface area contributed by atoms with Crippen LogP contribution in [0.5, 0.6) is 28.7 Å². The second-order valence-corrected chi connectivity index (χ2v) is 23.2. The molecule has 5 amide bonds. The van der Waals surface area contributed by atoms with Crippen LogP contribution in [0.2, 0.25) is 0 Å². The van der Waals surface area contributed by atoms with E-state index in [-0.39, 0.29) is 81.5 Å². The first kappa shape index (κ1) is 52.8. The Labute approximate surface area is 482 Å². The average molecular weight is 1150 g/mol. The molecule has 8 aromatic rings. The standard InChI is InChI=1S/C37H33N7O7.C24H23N3O4.CO2/c1-14-12-39-28-23(45)10-24-37(25(14)28)11-16(37)13-44(24)35(49)22-9-20-18-4-6-42(30(18)32(47)33(51-3)27(20)41-22)34(48)21-8-19-17-5-7-43(36(38)50)29(17)31(46)15(2)26(19)40-21;1-11-5-15-21(25-11)17(28)8-19-24(15)9-14(24)10-27(19)23(29)16-6-13-7-18(30-3)12(2)22(31-4)20(13)26-16;2-1-3/h8-10,12,16,39-41,46-47H,4-7,11,13H2,1-3H3,(H2,38,50);5-8,14,25-26H,9-10H2,1-4H3;/t16-,37?;14-,24?;/m11./s1. The highest BCUT2D eigenvalue weighted by Crippen LogP contribution is 2.68. The highest BCUT2D eigenvalue weighted by molar-refractivity contribution is 6.15. The number of hydrogen-bond donors (Lipinski definition) is 8. The number of nitrogens with two attached hydrogens (primary N) is 1. The molecule has 23 heteroatoms. The molecule has 8 aliphatic rings. The van der Waals surface area contributed by atoms with Gasteiger partial charge in [0.15, 0.2) is 11.5 Å². The van der Waals surface area contributed by atoms with E-state index in [0.29, 0.717) is 111 Å². The lowest BCUT2D eigenvalue weighted by molar-refractivity contribution is -0.191. The normalized spacial score (nSPS) is 21.3. The number of anilines is 2. The highest BCUT2D eigenvalue weighted by atomic mass is 16.5. The van der Waals surface area contributed by atoms with E-state index in [1.807, 2.05) is 39.1 Å². The number of aromatic amines is 5. The molecule has 2 spiro atoms. The van der Waals surface area contributed by atoms with Crippen molar-refractivity contribution in [2.24, 2.45) is 17.6 Å². The number of piperidine rings is 2. The summed E-state index contributed by atoms with van der Waals surface area (Å²) in [6.45, 7) is 9.27. The van der Waals surface area contributed by atoms with Gasteiger partial charge in [-0.3, -0.25) is 28.9 Å². The summed E-state index contributed by atoms with van der Waals surface area (Å²) in [6, 6.07) is 8.58. The van der Waals surface area contributed by atoms with E-state index < -0.39 is 11.9 Å². The number of phenols is 2. The fraction of sp³-hybridized carbons (Fsp3) is 0.306. The smallest absolute Gasteiger partial charge is 0.373 e.